The third-order valence-electron chi connectivity index (χ3n) is 8.91. The van der Waals surface area contributed by atoms with Crippen LogP contribution >= 0.6 is 0 Å². The molecule has 0 heterocycles. The van der Waals surface area contributed by atoms with Crippen molar-refractivity contribution in [1.82, 2.24) is 0 Å². The summed E-state index contributed by atoms with van der Waals surface area (Å²) in [5.41, 5.74) is 0.0450. The van der Waals surface area contributed by atoms with Gasteiger partial charge in [-0.15, -0.1) is 0 Å². The van der Waals surface area contributed by atoms with Gasteiger partial charge in [0.25, 0.3) is 0 Å². The molecule has 0 radical (unpaired) electrons. The molecule has 3 rings (SSSR count). The molecular weight excluding hydrogens is 337 g/mol. The van der Waals surface area contributed by atoms with Crippen LogP contribution < -0.4 is 0 Å². The molecule has 0 N–H and O–H groups in total. The second-order valence-corrected chi connectivity index (χ2v) is 9.95. The molecule has 0 saturated heterocycles. The van der Waals surface area contributed by atoms with E-state index in [1.54, 1.807) is 0 Å². The van der Waals surface area contributed by atoms with E-state index >= 15 is 0 Å². The number of alkyl halides is 3. The molecule has 0 aromatic carbocycles. The van der Waals surface area contributed by atoms with E-state index in [1.807, 2.05) is 0 Å². The van der Waals surface area contributed by atoms with E-state index in [0.717, 1.165) is 51.2 Å². The lowest BCUT2D eigenvalue weighted by atomic mass is 9.46. The van der Waals surface area contributed by atoms with Crippen LogP contribution in [0.1, 0.15) is 85.0 Å². The number of aldehydes is 1. The lowest BCUT2D eigenvalue weighted by Gasteiger charge is -2.59. The lowest BCUT2D eigenvalue weighted by molar-refractivity contribution is -0.177. The topological polar surface area (TPSA) is 17.1 Å². The minimum absolute atomic E-state index is 0.183. The summed E-state index contributed by atoms with van der Waals surface area (Å²) in [5, 5.41) is 0. The first-order valence-electron chi connectivity index (χ1n) is 10.7. The first kappa shape index (κ1) is 20.2. The second kappa shape index (κ2) is 7.13. The van der Waals surface area contributed by atoms with Crippen molar-refractivity contribution in [2.24, 2.45) is 40.4 Å². The molecule has 0 spiro atoms. The summed E-state index contributed by atoms with van der Waals surface area (Å²) in [7, 11) is 0. The van der Waals surface area contributed by atoms with Gasteiger partial charge < -0.3 is 4.79 Å². The van der Waals surface area contributed by atoms with Gasteiger partial charge in [-0.05, 0) is 85.4 Å². The highest BCUT2D eigenvalue weighted by atomic mass is 19.4. The van der Waals surface area contributed by atoms with Crippen molar-refractivity contribution in [2.75, 3.05) is 0 Å². The number of halogens is 3. The number of carbonyl (C=O) groups is 1. The predicted molar refractivity (Wildman–Crippen MR) is 97.6 cm³/mol. The van der Waals surface area contributed by atoms with Gasteiger partial charge in [-0.1, -0.05) is 27.2 Å². The quantitative estimate of drug-likeness (QED) is 0.485. The molecule has 3 saturated carbocycles. The molecule has 0 aliphatic heterocycles. The minimum Gasteiger partial charge on any atom is -0.303 e. The van der Waals surface area contributed by atoms with E-state index in [1.165, 1.54) is 6.42 Å². The van der Waals surface area contributed by atoms with E-state index < -0.39 is 12.6 Å². The average molecular weight is 373 g/mol. The van der Waals surface area contributed by atoms with E-state index in [-0.39, 0.29) is 16.7 Å². The van der Waals surface area contributed by atoms with Crippen molar-refractivity contribution in [3.05, 3.63) is 0 Å². The largest absolute Gasteiger partial charge is 0.389 e. The molecule has 0 amide bonds. The highest BCUT2D eigenvalue weighted by molar-refractivity contribution is 5.50. The summed E-state index contributed by atoms with van der Waals surface area (Å²) in [6, 6.07) is 0. The van der Waals surface area contributed by atoms with Crippen LogP contribution in [0.15, 0.2) is 0 Å². The molecule has 4 heteroatoms. The maximum Gasteiger partial charge on any atom is 0.389 e. The Hall–Kier alpha value is -0.540. The van der Waals surface area contributed by atoms with Crippen LogP contribution in [0.3, 0.4) is 0 Å². The molecule has 3 fully saturated rings. The van der Waals surface area contributed by atoms with Gasteiger partial charge in [-0.3, -0.25) is 0 Å². The van der Waals surface area contributed by atoms with Gasteiger partial charge in [0.05, 0.1) is 0 Å². The summed E-state index contributed by atoms with van der Waals surface area (Å²) in [4.78, 5) is 11.1. The monoisotopic (exact) mass is 372 g/mol. The van der Waals surface area contributed by atoms with Gasteiger partial charge in [0.2, 0.25) is 0 Å². The Balaban J connectivity index is 1.85. The zero-order valence-electron chi connectivity index (χ0n) is 16.6. The summed E-state index contributed by atoms with van der Waals surface area (Å²) in [6.07, 6.45) is 5.07. The first-order valence-corrected chi connectivity index (χ1v) is 10.7. The Kier molecular flexibility index (Phi) is 5.54. The number of carbonyl (C=O) groups excluding carboxylic acids is 1. The number of fused-ring (bicyclic) bond motifs is 3. The van der Waals surface area contributed by atoms with Crippen molar-refractivity contribution in [3.8, 4) is 0 Å². The van der Waals surface area contributed by atoms with E-state index in [9.17, 15) is 18.0 Å². The first-order chi connectivity index (χ1) is 12.2. The molecule has 7 unspecified atom stereocenters. The minimum atomic E-state index is -4.06. The Morgan fingerprint density at radius 1 is 1.00 bits per heavy atom. The third kappa shape index (κ3) is 3.35. The third-order valence-corrected chi connectivity index (χ3v) is 8.91. The highest BCUT2D eigenvalue weighted by Crippen LogP contribution is 2.67. The summed E-state index contributed by atoms with van der Waals surface area (Å²) in [5.74, 6) is 1.86. The van der Waals surface area contributed by atoms with Crippen LogP contribution in [0.5, 0.6) is 0 Å². The van der Waals surface area contributed by atoms with Crippen molar-refractivity contribution in [1.29, 1.82) is 0 Å². The van der Waals surface area contributed by atoms with Crippen LogP contribution in [0, 0.1) is 40.4 Å². The molecule has 3 aliphatic rings. The van der Waals surface area contributed by atoms with Crippen molar-refractivity contribution in [2.45, 2.75) is 91.2 Å². The Labute approximate surface area is 156 Å². The predicted octanol–water partition coefficient (Wildman–Crippen LogP) is 6.80. The smallest absolute Gasteiger partial charge is 0.303 e. The van der Waals surface area contributed by atoms with E-state index in [2.05, 4.69) is 20.8 Å². The summed E-state index contributed by atoms with van der Waals surface area (Å²) < 4.78 is 39.7. The van der Waals surface area contributed by atoms with Crippen molar-refractivity contribution in [3.63, 3.8) is 0 Å². The molecule has 3 aliphatic carbocycles. The Bertz CT molecular complexity index is 516. The molecular formula is C22H35F3O. The van der Waals surface area contributed by atoms with Crippen LogP contribution in [-0.2, 0) is 4.79 Å². The van der Waals surface area contributed by atoms with Crippen molar-refractivity contribution >= 4 is 6.29 Å². The molecule has 1 nitrogen and oxygen atoms in total. The maximum absolute atomic E-state index is 13.2. The van der Waals surface area contributed by atoms with Gasteiger partial charge in [0, 0.05) is 12.8 Å². The zero-order chi connectivity index (χ0) is 19.2. The van der Waals surface area contributed by atoms with Gasteiger partial charge in [-0.2, -0.15) is 13.2 Å². The highest BCUT2D eigenvalue weighted by Gasteiger charge is 2.59. The van der Waals surface area contributed by atoms with Gasteiger partial charge in [0.15, 0.2) is 0 Å². The fourth-order valence-corrected chi connectivity index (χ4v) is 7.69. The van der Waals surface area contributed by atoms with Gasteiger partial charge in [-0.25, -0.2) is 0 Å². The van der Waals surface area contributed by atoms with Gasteiger partial charge in [0.1, 0.15) is 6.29 Å². The summed E-state index contributed by atoms with van der Waals surface area (Å²) >= 11 is 0. The summed E-state index contributed by atoms with van der Waals surface area (Å²) in [6.45, 7) is 6.65. The number of hydrogen-bond donors (Lipinski definition) is 0. The molecule has 150 valence electrons. The van der Waals surface area contributed by atoms with Crippen LogP contribution in [0.25, 0.3) is 0 Å². The standard InChI is InChI=1S/C22H35F3O/c1-4-11-20(2)16(14-22(23,24)25)5-7-17-18-8-6-15(10-13-26)21(18,3)12-9-19(17)20/h13,15-19H,4-12,14H2,1-3H3. The lowest BCUT2D eigenvalue weighted by Crippen LogP contribution is -2.52. The molecule has 26 heavy (non-hydrogen) atoms. The Morgan fingerprint density at radius 2 is 1.69 bits per heavy atom. The normalized spacial score (nSPS) is 45.8. The Morgan fingerprint density at radius 3 is 2.31 bits per heavy atom. The second-order valence-electron chi connectivity index (χ2n) is 9.95. The van der Waals surface area contributed by atoms with E-state index in [0.29, 0.717) is 30.1 Å². The van der Waals surface area contributed by atoms with E-state index in [4.69, 9.17) is 0 Å². The van der Waals surface area contributed by atoms with Crippen molar-refractivity contribution < 1.29 is 18.0 Å². The number of hydrogen-bond acceptors (Lipinski definition) is 1. The fourth-order valence-electron chi connectivity index (χ4n) is 7.69. The fraction of sp³-hybridized carbons (Fsp3) is 0.955. The zero-order valence-corrected chi connectivity index (χ0v) is 16.6. The number of rotatable bonds is 5. The SMILES string of the molecule is CCCC1(C)C(CC(F)(F)F)CCC2C3CCC(CC=O)C3(C)CCC21. The van der Waals surface area contributed by atoms with Crippen LogP contribution in [0.4, 0.5) is 13.2 Å². The average Bonchev–Trinajstić information content (AvgIpc) is 2.87. The molecule has 7 atom stereocenters. The van der Waals surface area contributed by atoms with Crippen LogP contribution in [-0.4, -0.2) is 12.5 Å². The molecule has 0 bridgehead atoms. The van der Waals surface area contributed by atoms with Crippen LogP contribution in [0.2, 0.25) is 0 Å². The molecule has 0 aromatic rings. The maximum atomic E-state index is 13.2. The van der Waals surface area contributed by atoms with Gasteiger partial charge >= 0.3 is 6.18 Å². The molecule has 0 aromatic heterocycles.